The van der Waals surface area contributed by atoms with Crippen LogP contribution in [0.4, 0.5) is 0 Å². The zero-order chi connectivity index (χ0) is 11.9. The van der Waals surface area contributed by atoms with Gasteiger partial charge < -0.3 is 15.7 Å². The van der Waals surface area contributed by atoms with Crippen LogP contribution in [0.1, 0.15) is 33.1 Å². The van der Waals surface area contributed by atoms with Crippen LogP contribution in [0.3, 0.4) is 0 Å². The van der Waals surface area contributed by atoms with Gasteiger partial charge in [-0.05, 0) is 32.6 Å². The molecule has 1 aliphatic carbocycles. The molecular weight excluding hydrogens is 204 g/mol. The summed E-state index contributed by atoms with van der Waals surface area (Å²) in [6.45, 7) is 5.28. The summed E-state index contributed by atoms with van der Waals surface area (Å²) in [6.07, 6.45) is 2.15. The second-order valence-electron chi connectivity index (χ2n) is 6.03. The van der Waals surface area contributed by atoms with Gasteiger partial charge in [-0.3, -0.25) is 4.79 Å². The maximum Gasteiger partial charge on any atom is 0.224 e. The van der Waals surface area contributed by atoms with E-state index in [0.717, 1.165) is 25.9 Å². The van der Waals surface area contributed by atoms with Crippen LogP contribution in [0, 0.1) is 11.8 Å². The summed E-state index contributed by atoms with van der Waals surface area (Å²) in [5, 5.41) is 9.77. The second kappa shape index (κ2) is 4.00. The first kappa shape index (κ1) is 11.9. The molecule has 1 heterocycles. The Kier molecular flexibility index (Phi) is 2.97. The number of aliphatic hydroxyl groups excluding tert-OH is 1. The summed E-state index contributed by atoms with van der Waals surface area (Å²) in [5.74, 6) is 0.957. The molecule has 0 aromatic rings. The molecule has 92 valence electrons. The Labute approximate surface area is 96.8 Å². The van der Waals surface area contributed by atoms with Crippen LogP contribution in [-0.2, 0) is 4.79 Å². The number of nitrogens with two attached hydrogens (primary N) is 1. The topological polar surface area (TPSA) is 66.6 Å². The number of fused-ring (bicyclic) bond motifs is 1. The average molecular weight is 226 g/mol. The predicted octanol–water partition coefficient (Wildman–Crippen LogP) is 0.343. The van der Waals surface area contributed by atoms with Crippen LogP contribution in [-0.4, -0.2) is 40.6 Å². The lowest BCUT2D eigenvalue weighted by Crippen LogP contribution is -2.41. The molecule has 0 bridgehead atoms. The summed E-state index contributed by atoms with van der Waals surface area (Å²) in [4.78, 5) is 13.8. The highest BCUT2D eigenvalue weighted by atomic mass is 16.3. The molecule has 0 aromatic carbocycles. The van der Waals surface area contributed by atoms with Crippen molar-refractivity contribution in [2.45, 2.75) is 44.8 Å². The third-order valence-electron chi connectivity index (χ3n) is 3.78. The molecule has 3 unspecified atom stereocenters. The second-order valence-corrected chi connectivity index (χ2v) is 6.03. The zero-order valence-electron chi connectivity index (χ0n) is 10.1. The van der Waals surface area contributed by atoms with Crippen LogP contribution in [0.2, 0.25) is 0 Å². The Morgan fingerprint density at radius 2 is 2.12 bits per heavy atom. The van der Waals surface area contributed by atoms with Crippen molar-refractivity contribution >= 4 is 5.91 Å². The first-order valence-corrected chi connectivity index (χ1v) is 6.11. The number of aliphatic hydroxyl groups is 1. The third kappa shape index (κ3) is 2.38. The lowest BCUT2D eigenvalue weighted by Gasteiger charge is -2.24. The molecular formula is C12H22N2O2. The molecule has 16 heavy (non-hydrogen) atoms. The van der Waals surface area contributed by atoms with Crippen LogP contribution in [0.15, 0.2) is 0 Å². The van der Waals surface area contributed by atoms with Gasteiger partial charge in [-0.25, -0.2) is 0 Å². The van der Waals surface area contributed by atoms with Gasteiger partial charge >= 0.3 is 0 Å². The molecule has 4 nitrogen and oxygen atoms in total. The molecule has 2 aliphatic rings. The molecule has 1 saturated carbocycles. The van der Waals surface area contributed by atoms with E-state index in [-0.39, 0.29) is 12.0 Å². The van der Waals surface area contributed by atoms with Gasteiger partial charge in [0, 0.05) is 31.0 Å². The van der Waals surface area contributed by atoms with Gasteiger partial charge in [0.05, 0.1) is 6.10 Å². The van der Waals surface area contributed by atoms with E-state index in [1.807, 2.05) is 18.7 Å². The van der Waals surface area contributed by atoms with E-state index in [2.05, 4.69) is 0 Å². The number of hydrogen-bond donors (Lipinski definition) is 2. The van der Waals surface area contributed by atoms with Crippen molar-refractivity contribution < 1.29 is 9.90 Å². The minimum atomic E-state index is -0.437. The number of nitrogens with zero attached hydrogens (tertiary/aromatic N) is 1. The van der Waals surface area contributed by atoms with E-state index >= 15 is 0 Å². The van der Waals surface area contributed by atoms with Crippen LogP contribution >= 0.6 is 0 Å². The smallest absolute Gasteiger partial charge is 0.224 e. The quantitative estimate of drug-likeness (QED) is 0.713. The van der Waals surface area contributed by atoms with Crippen molar-refractivity contribution in [1.29, 1.82) is 0 Å². The monoisotopic (exact) mass is 226 g/mol. The van der Waals surface area contributed by atoms with Crippen molar-refractivity contribution in [3.05, 3.63) is 0 Å². The van der Waals surface area contributed by atoms with Gasteiger partial charge in [0.1, 0.15) is 0 Å². The molecule has 1 aliphatic heterocycles. The Hall–Kier alpha value is -0.610. The molecule has 4 heteroatoms. The SMILES string of the molecule is CC(C)(N)CC(=O)N1CC2CCC(O)C2C1. The Morgan fingerprint density at radius 1 is 1.44 bits per heavy atom. The van der Waals surface area contributed by atoms with E-state index in [1.165, 1.54) is 0 Å². The first-order valence-electron chi connectivity index (χ1n) is 6.11. The maximum atomic E-state index is 12.0. The zero-order valence-corrected chi connectivity index (χ0v) is 10.1. The largest absolute Gasteiger partial charge is 0.393 e. The summed E-state index contributed by atoms with van der Waals surface area (Å²) in [5.41, 5.74) is 5.41. The minimum Gasteiger partial charge on any atom is -0.393 e. The summed E-state index contributed by atoms with van der Waals surface area (Å²) in [7, 11) is 0. The van der Waals surface area contributed by atoms with Crippen LogP contribution in [0.5, 0.6) is 0 Å². The fourth-order valence-electron chi connectivity index (χ4n) is 2.94. The average Bonchev–Trinajstić information content (AvgIpc) is 2.65. The summed E-state index contributed by atoms with van der Waals surface area (Å²) in [6, 6.07) is 0. The van der Waals surface area contributed by atoms with Crippen molar-refractivity contribution in [3.63, 3.8) is 0 Å². The fourth-order valence-corrected chi connectivity index (χ4v) is 2.94. The first-order chi connectivity index (χ1) is 7.37. The molecule has 3 atom stereocenters. The normalized spacial score (nSPS) is 34.2. The Balaban J connectivity index is 1.92. The Morgan fingerprint density at radius 3 is 2.69 bits per heavy atom. The van der Waals surface area contributed by atoms with Crippen LogP contribution < -0.4 is 5.73 Å². The van der Waals surface area contributed by atoms with Gasteiger partial charge in [0.25, 0.3) is 0 Å². The third-order valence-corrected chi connectivity index (χ3v) is 3.78. The molecule has 3 N–H and O–H groups in total. The van der Waals surface area contributed by atoms with E-state index in [9.17, 15) is 9.90 Å². The van der Waals surface area contributed by atoms with Crippen molar-refractivity contribution in [2.24, 2.45) is 17.6 Å². The number of rotatable bonds is 2. The van der Waals surface area contributed by atoms with Gasteiger partial charge in [-0.15, -0.1) is 0 Å². The van der Waals surface area contributed by atoms with E-state index in [1.54, 1.807) is 0 Å². The van der Waals surface area contributed by atoms with Gasteiger partial charge in [-0.2, -0.15) is 0 Å². The van der Waals surface area contributed by atoms with Gasteiger partial charge in [0.15, 0.2) is 0 Å². The minimum absolute atomic E-state index is 0.133. The molecule has 0 aromatic heterocycles. The van der Waals surface area contributed by atoms with Crippen LogP contribution in [0.25, 0.3) is 0 Å². The number of amides is 1. The number of carbonyl (C=O) groups is 1. The fraction of sp³-hybridized carbons (Fsp3) is 0.917. The van der Waals surface area contributed by atoms with Crippen molar-refractivity contribution in [1.82, 2.24) is 4.90 Å². The van der Waals surface area contributed by atoms with E-state index < -0.39 is 5.54 Å². The molecule has 1 saturated heterocycles. The molecule has 0 spiro atoms. The molecule has 1 amide bonds. The number of likely N-dealkylation sites (tertiary alicyclic amines) is 1. The van der Waals surface area contributed by atoms with Gasteiger partial charge in [-0.1, -0.05) is 0 Å². The van der Waals surface area contributed by atoms with Crippen molar-refractivity contribution in [3.8, 4) is 0 Å². The number of hydrogen-bond acceptors (Lipinski definition) is 3. The Bertz CT molecular complexity index is 285. The lowest BCUT2D eigenvalue weighted by molar-refractivity contribution is -0.131. The van der Waals surface area contributed by atoms with E-state index in [0.29, 0.717) is 18.3 Å². The van der Waals surface area contributed by atoms with E-state index in [4.69, 9.17) is 5.73 Å². The van der Waals surface area contributed by atoms with Gasteiger partial charge in [0.2, 0.25) is 5.91 Å². The maximum absolute atomic E-state index is 12.0. The standard InChI is InChI=1S/C12H22N2O2/c1-12(2,13)5-11(16)14-6-8-3-4-10(15)9(8)7-14/h8-10,15H,3-7,13H2,1-2H3. The predicted molar refractivity (Wildman–Crippen MR) is 61.7 cm³/mol. The summed E-state index contributed by atoms with van der Waals surface area (Å²) >= 11 is 0. The highest BCUT2D eigenvalue weighted by Gasteiger charge is 2.43. The molecule has 2 rings (SSSR count). The molecule has 2 fully saturated rings. The molecule has 0 radical (unpaired) electrons. The highest BCUT2D eigenvalue weighted by Crippen LogP contribution is 2.38. The highest BCUT2D eigenvalue weighted by molar-refractivity contribution is 5.77. The lowest BCUT2D eigenvalue weighted by atomic mass is 10.00. The summed E-state index contributed by atoms with van der Waals surface area (Å²) < 4.78 is 0. The number of carbonyl (C=O) groups excluding carboxylic acids is 1. The van der Waals surface area contributed by atoms with Crippen molar-refractivity contribution in [2.75, 3.05) is 13.1 Å².